The van der Waals surface area contributed by atoms with Crippen LogP contribution in [0.25, 0.3) is 0 Å². The minimum atomic E-state index is -0.0632. The third-order valence-electron chi connectivity index (χ3n) is 3.23. The van der Waals surface area contributed by atoms with Gasteiger partial charge >= 0.3 is 0 Å². The fraction of sp³-hybridized carbons (Fsp3) is 0.286. The Morgan fingerprint density at radius 1 is 1.50 bits per heavy atom. The van der Waals surface area contributed by atoms with Gasteiger partial charge in [0.15, 0.2) is 5.75 Å². The molecule has 1 amide bonds. The van der Waals surface area contributed by atoms with Crippen LogP contribution in [-0.4, -0.2) is 41.2 Å². The van der Waals surface area contributed by atoms with Gasteiger partial charge in [0, 0.05) is 31.9 Å². The summed E-state index contributed by atoms with van der Waals surface area (Å²) < 4.78 is 5.63. The van der Waals surface area contributed by atoms with E-state index in [2.05, 4.69) is 15.5 Å². The van der Waals surface area contributed by atoms with Crippen molar-refractivity contribution < 1.29 is 9.53 Å². The van der Waals surface area contributed by atoms with Gasteiger partial charge in [-0.1, -0.05) is 6.07 Å². The summed E-state index contributed by atoms with van der Waals surface area (Å²) in [4.78, 5) is 14.2. The van der Waals surface area contributed by atoms with Gasteiger partial charge in [0.1, 0.15) is 6.61 Å². The minimum absolute atomic E-state index is 0.0632. The van der Waals surface area contributed by atoms with Gasteiger partial charge < -0.3 is 15.0 Å². The molecule has 6 heteroatoms. The van der Waals surface area contributed by atoms with Gasteiger partial charge in [0.25, 0.3) is 5.91 Å². The molecular weight excluding hydrogens is 256 g/mol. The fourth-order valence-corrected chi connectivity index (χ4v) is 2.25. The van der Waals surface area contributed by atoms with Crippen molar-refractivity contribution in [2.24, 2.45) is 0 Å². The SMILES string of the molecule is CN(Cc1cn[nH]c1)C(=O)c1cccc2c1OCCN2. The van der Waals surface area contributed by atoms with Gasteiger partial charge in [-0.3, -0.25) is 9.89 Å². The van der Waals surface area contributed by atoms with Crippen molar-refractivity contribution in [3.05, 3.63) is 41.7 Å². The number of amides is 1. The van der Waals surface area contributed by atoms with Crippen molar-refractivity contribution in [3.63, 3.8) is 0 Å². The monoisotopic (exact) mass is 272 g/mol. The van der Waals surface area contributed by atoms with E-state index in [1.165, 1.54) is 0 Å². The molecule has 6 nitrogen and oxygen atoms in total. The van der Waals surface area contributed by atoms with Gasteiger partial charge in [-0.15, -0.1) is 0 Å². The third kappa shape index (κ3) is 2.32. The summed E-state index contributed by atoms with van der Waals surface area (Å²) in [7, 11) is 1.77. The number of rotatable bonds is 3. The Morgan fingerprint density at radius 3 is 3.20 bits per heavy atom. The molecule has 1 aliphatic heterocycles. The Morgan fingerprint density at radius 2 is 2.40 bits per heavy atom. The summed E-state index contributed by atoms with van der Waals surface area (Å²) in [5.74, 6) is 0.578. The zero-order valence-electron chi connectivity index (χ0n) is 11.2. The molecule has 0 saturated heterocycles. The first-order valence-electron chi connectivity index (χ1n) is 6.48. The maximum Gasteiger partial charge on any atom is 0.257 e. The number of anilines is 1. The number of nitrogens with zero attached hydrogens (tertiary/aromatic N) is 2. The normalized spacial score (nSPS) is 13.1. The molecule has 0 saturated carbocycles. The lowest BCUT2D eigenvalue weighted by molar-refractivity contribution is 0.0780. The summed E-state index contributed by atoms with van der Waals surface area (Å²) in [6, 6.07) is 5.57. The van der Waals surface area contributed by atoms with Crippen molar-refractivity contribution in [2.45, 2.75) is 6.54 Å². The molecule has 1 aliphatic rings. The van der Waals surface area contributed by atoms with Crippen molar-refractivity contribution in [2.75, 3.05) is 25.5 Å². The molecule has 20 heavy (non-hydrogen) atoms. The van der Waals surface area contributed by atoms with Crippen LogP contribution in [0.2, 0.25) is 0 Å². The summed E-state index contributed by atoms with van der Waals surface area (Å²) >= 11 is 0. The Hall–Kier alpha value is -2.50. The Bertz CT molecular complexity index is 610. The number of hydrogen-bond donors (Lipinski definition) is 2. The van der Waals surface area contributed by atoms with E-state index < -0.39 is 0 Å². The minimum Gasteiger partial charge on any atom is -0.489 e. The van der Waals surface area contributed by atoms with Crippen molar-refractivity contribution in [3.8, 4) is 5.75 Å². The van der Waals surface area contributed by atoms with E-state index in [0.717, 1.165) is 17.8 Å². The van der Waals surface area contributed by atoms with Gasteiger partial charge in [0.2, 0.25) is 0 Å². The molecular formula is C14H16N4O2. The molecule has 0 aliphatic carbocycles. The quantitative estimate of drug-likeness (QED) is 0.888. The summed E-state index contributed by atoms with van der Waals surface area (Å²) in [6.45, 7) is 1.84. The van der Waals surface area contributed by atoms with Crippen LogP contribution in [0.1, 0.15) is 15.9 Å². The number of H-pyrrole nitrogens is 1. The van der Waals surface area contributed by atoms with Gasteiger partial charge in [-0.25, -0.2) is 0 Å². The summed E-state index contributed by atoms with van der Waals surface area (Å²) in [6.07, 6.45) is 3.49. The van der Waals surface area contributed by atoms with Gasteiger partial charge in [-0.2, -0.15) is 5.10 Å². The Labute approximate surface area is 116 Å². The predicted octanol–water partition coefficient (Wildman–Crippen LogP) is 1.49. The standard InChI is InChI=1S/C14H16N4O2/c1-18(9-10-7-16-17-8-10)14(19)11-3-2-4-12-13(11)20-6-5-15-12/h2-4,7-8,15H,5-6,9H2,1H3,(H,16,17). The van der Waals surface area contributed by atoms with Crippen LogP contribution < -0.4 is 10.1 Å². The molecule has 0 spiro atoms. The van der Waals surface area contributed by atoms with Crippen LogP contribution >= 0.6 is 0 Å². The van der Waals surface area contributed by atoms with Crippen LogP contribution in [0, 0.1) is 0 Å². The highest BCUT2D eigenvalue weighted by molar-refractivity contribution is 5.98. The predicted molar refractivity (Wildman–Crippen MR) is 74.8 cm³/mol. The zero-order chi connectivity index (χ0) is 13.9. The van der Waals surface area contributed by atoms with Gasteiger partial charge in [-0.05, 0) is 12.1 Å². The first kappa shape index (κ1) is 12.5. The number of aromatic nitrogens is 2. The van der Waals surface area contributed by atoms with Crippen LogP contribution in [-0.2, 0) is 6.54 Å². The lowest BCUT2D eigenvalue weighted by atomic mass is 10.1. The number of benzene rings is 1. The zero-order valence-corrected chi connectivity index (χ0v) is 11.2. The van der Waals surface area contributed by atoms with Crippen LogP contribution in [0.3, 0.4) is 0 Å². The number of carbonyl (C=O) groups is 1. The molecule has 0 unspecified atom stereocenters. The van der Waals surface area contributed by atoms with E-state index in [1.807, 2.05) is 12.1 Å². The molecule has 3 rings (SSSR count). The molecule has 2 N–H and O–H groups in total. The van der Waals surface area contributed by atoms with Crippen LogP contribution in [0.5, 0.6) is 5.75 Å². The number of aromatic amines is 1. The first-order valence-corrected chi connectivity index (χ1v) is 6.48. The highest BCUT2D eigenvalue weighted by Crippen LogP contribution is 2.31. The lowest BCUT2D eigenvalue weighted by Crippen LogP contribution is -2.28. The number of nitrogens with one attached hydrogen (secondary N) is 2. The fourth-order valence-electron chi connectivity index (χ4n) is 2.25. The van der Waals surface area contributed by atoms with E-state index in [1.54, 1.807) is 30.4 Å². The van der Waals surface area contributed by atoms with Crippen LogP contribution in [0.4, 0.5) is 5.69 Å². The molecule has 0 radical (unpaired) electrons. The average Bonchev–Trinajstić information content (AvgIpc) is 2.99. The Balaban J connectivity index is 1.83. The largest absolute Gasteiger partial charge is 0.489 e. The maximum atomic E-state index is 12.5. The molecule has 0 atom stereocenters. The number of hydrogen-bond acceptors (Lipinski definition) is 4. The molecule has 104 valence electrons. The van der Waals surface area contributed by atoms with Crippen molar-refractivity contribution >= 4 is 11.6 Å². The number of ether oxygens (including phenoxy) is 1. The highest BCUT2D eigenvalue weighted by atomic mass is 16.5. The topological polar surface area (TPSA) is 70.2 Å². The van der Waals surface area contributed by atoms with E-state index in [-0.39, 0.29) is 5.91 Å². The van der Waals surface area contributed by atoms with E-state index in [9.17, 15) is 4.79 Å². The summed E-state index contributed by atoms with van der Waals surface area (Å²) in [5, 5.41) is 9.85. The van der Waals surface area contributed by atoms with E-state index in [4.69, 9.17) is 4.74 Å². The number of para-hydroxylation sites is 1. The van der Waals surface area contributed by atoms with Gasteiger partial charge in [0.05, 0.1) is 17.4 Å². The van der Waals surface area contributed by atoms with E-state index >= 15 is 0 Å². The molecule has 1 aromatic heterocycles. The highest BCUT2D eigenvalue weighted by Gasteiger charge is 2.21. The maximum absolute atomic E-state index is 12.5. The third-order valence-corrected chi connectivity index (χ3v) is 3.23. The summed E-state index contributed by atoms with van der Waals surface area (Å²) in [5.41, 5.74) is 2.42. The molecule has 0 fully saturated rings. The number of carbonyl (C=O) groups excluding carboxylic acids is 1. The molecule has 1 aromatic carbocycles. The second-order valence-electron chi connectivity index (χ2n) is 4.73. The first-order chi connectivity index (χ1) is 9.75. The lowest BCUT2D eigenvalue weighted by Gasteiger charge is -2.23. The Kier molecular flexibility index (Phi) is 3.28. The number of fused-ring (bicyclic) bond motifs is 1. The second-order valence-corrected chi connectivity index (χ2v) is 4.73. The smallest absolute Gasteiger partial charge is 0.257 e. The average molecular weight is 272 g/mol. The molecule has 0 bridgehead atoms. The molecule has 2 heterocycles. The van der Waals surface area contributed by atoms with Crippen molar-refractivity contribution in [1.82, 2.24) is 15.1 Å². The van der Waals surface area contributed by atoms with E-state index in [0.29, 0.717) is 24.5 Å². The van der Waals surface area contributed by atoms with Crippen molar-refractivity contribution in [1.29, 1.82) is 0 Å². The molecule has 2 aromatic rings. The van der Waals surface area contributed by atoms with Crippen LogP contribution in [0.15, 0.2) is 30.6 Å². The second kappa shape index (κ2) is 5.24.